The molecule has 3 amide bonds. The van der Waals surface area contributed by atoms with Crippen LogP contribution < -0.4 is 5.32 Å². The smallest absolute Gasteiger partial charge is 0.410 e. The Kier molecular flexibility index (Phi) is 5.53. The predicted octanol–water partition coefficient (Wildman–Crippen LogP) is 1.14. The van der Waals surface area contributed by atoms with E-state index in [9.17, 15) is 14.4 Å². The summed E-state index contributed by atoms with van der Waals surface area (Å²) in [5.41, 5.74) is 0.944. The first-order valence-corrected chi connectivity index (χ1v) is 8.67. The van der Waals surface area contributed by atoms with E-state index in [0.717, 1.165) is 5.56 Å². The number of carbonyl (C=O) groups is 3. The van der Waals surface area contributed by atoms with Gasteiger partial charge in [0, 0.05) is 32.6 Å². The topological polar surface area (TPSA) is 79.0 Å². The van der Waals surface area contributed by atoms with Crippen LogP contribution in [-0.4, -0.2) is 59.9 Å². The number of nitrogens with zero attached hydrogens (tertiary/aromatic N) is 2. The molecule has 0 radical (unpaired) electrons. The van der Waals surface area contributed by atoms with Crippen molar-refractivity contribution < 1.29 is 19.1 Å². The van der Waals surface area contributed by atoms with Crippen LogP contribution in [0.15, 0.2) is 30.3 Å². The average molecular weight is 345 g/mol. The Balaban J connectivity index is 1.48. The summed E-state index contributed by atoms with van der Waals surface area (Å²) in [6, 6.07) is 9.13. The van der Waals surface area contributed by atoms with E-state index < -0.39 is 6.04 Å². The molecule has 1 N–H and O–H groups in total. The van der Waals surface area contributed by atoms with Gasteiger partial charge in [0.1, 0.15) is 12.6 Å². The Morgan fingerprint density at radius 1 is 1.08 bits per heavy atom. The Morgan fingerprint density at radius 3 is 2.52 bits per heavy atom. The molecule has 25 heavy (non-hydrogen) atoms. The molecule has 1 aromatic carbocycles. The average Bonchev–Trinajstić information content (AvgIpc) is 2.92. The van der Waals surface area contributed by atoms with E-state index in [0.29, 0.717) is 45.4 Å². The minimum Gasteiger partial charge on any atom is -0.445 e. The first kappa shape index (κ1) is 17.3. The highest BCUT2D eigenvalue weighted by Gasteiger charge is 2.32. The number of rotatable bonds is 3. The summed E-state index contributed by atoms with van der Waals surface area (Å²) >= 11 is 0. The lowest BCUT2D eigenvalue weighted by Gasteiger charge is -2.24. The van der Waals surface area contributed by atoms with Gasteiger partial charge in [-0.05, 0) is 18.4 Å². The van der Waals surface area contributed by atoms with Crippen LogP contribution in [0.25, 0.3) is 0 Å². The van der Waals surface area contributed by atoms with Gasteiger partial charge in [-0.2, -0.15) is 0 Å². The maximum Gasteiger partial charge on any atom is 0.410 e. The molecule has 0 aromatic heterocycles. The van der Waals surface area contributed by atoms with Crippen molar-refractivity contribution in [2.45, 2.75) is 31.9 Å². The van der Waals surface area contributed by atoms with Crippen LogP contribution in [0, 0.1) is 0 Å². The molecule has 2 fully saturated rings. The second-order valence-electron chi connectivity index (χ2n) is 6.36. The fraction of sp³-hybridized carbons (Fsp3) is 0.500. The molecule has 2 aliphatic heterocycles. The van der Waals surface area contributed by atoms with Crippen molar-refractivity contribution in [1.82, 2.24) is 15.1 Å². The second-order valence-corrected chi connectivity index (χ2v) is 6.36. The van der Waals surface area contributed by atoms with Crippen LogP contribution in [0.4, 0.5) is 4.79 Å². The summed E-state index contributed by atoms with van der Waals surface area (Å²) in [5, 5.41) is 2.71. The molecule has 0 aliphatic carbocycles. The van der Waals surface area contributed by atoms with Crippen LogP contribution in [0.1, 0.15) is 24.8 Å². The molecular weight excluding hydrogens is 322 g/mol. The van der Waals surface area contributed by atoms with Gasteiger partial charge < -0.3 is 19.9 Å². The Hall–Kier alpha value is -2.57. The van der Waals surface area contributed by atoms with Crippen molar-refractivity contribution in [3.63, 3.8) is 0 Å². The van der Waals surface area contributed by atoms with E-state index in [1.165, 1.54) is 0 Å². The summed E-state index contributed by atoms with van der Waals surface area (Å²) in [6.45, 7) is 2.31. The van der Waals surface area contributed by atoms with Gasteiger partial charge in [0.05, 0.1) is 0 Å². The molecule has 7 heteroatoms. The highest BCUT2D eigenvalue weighted by Crippen LogP contribution is 2.13. The standard InChI is InChI=1S/C18H23N3O4/c22-16-8-7-15(19-16)17(23)20-9-4-10-21(12-11-20)18(24)25-13-14-5-2-1-3-6-14/h1-3,5-6,15H,4,7-13H2,(H,19,22). The van der Waals surface area contributed by atoms with Crippen molar-refractivity contribution in [3.8, 4) is 0 Å². The van der Waals surface area contributed by atoms with E-state index in [1.54, 1.807) is 9.80 Å². The first-order chi connectivity index (χ1) is 12.1. The number of hydrogen-bond acceptors (Lipinski definition) is 4. The van der Waals surface area contributed by atoms with Gasteiger partial charge in [-0.3, -0.25) is 9.59 Å². The van der Waals surface area contributed by atoms with E-state index in [1.807, 2.05) is 30.3 Å². The quantitative estimate of drug-likeness (QED) is 0.891. The molecule has 0 spiro atoms. The fourth-order valence-electron chi connectivity index (χ4n) is 3.15. The van der Waals surface area contributed by atoms with E-state index in [2.05, 4.69) is 5.32 Å². The molecule has 1 aromatic rings. The zero-order valence-corrected chi connectivity index (χ0v) is 14.1. The minimum atomic E-state index is -0.413. The van der Waals surface area contributed by atoms with Gasteiger partial charge in [0.2, 0.25) is 11.8 Å². The highest BCUT2D eigenvalue weighted by atomic mass is 16.6. The van der Waals surface area contributed by atoms with Crippen LogP contribution in [0.3, 0.4) is 0 Å². The highest BCUT2D eigenvalue weighted by molar-refractivity contribution is 5.90. The van der Waals surface area contributed by atoms with Gasteiger partial charge in [-0.15, -0.1) is 0 Å². The lowest BCUT2D eigenvalue weighted by Crippen LogP contribution is -2.46. The van der Waals surface area contributed by atoms with Crippen molar-refractivity contribution >= 4 is 17.9 Å². The SMILES string of the molecule is O=C1CCC(C(=O)N2CCCN(C(=O)OCc3ccccc3)CC2)N1. The summed E-state index contributed by atoms with van der Waals surface area (Å²) in [6.07, 6.45) is 1.30. The van der Waals surface area contributed by atoms with Gasteiger partial charge in [-0.1, -0.05) is 30.3 Å². The molecule has 2 heterocycles. The first-order valence-electron chi connectivity index (χ1n) is 8.67. The number of amides is 3. The summed E-state index contributed by atoms with van der Waals surface area (Å²) in [5.74, 6) is -0.121. The van der Waals surface area contributed by atoms with E-state index in [-0.39, 0.29) is 24.5 Å². The van der Waals surface area contributed by atoms with Crippen molar-refractivity contribution in [1.29, 1.82) is 0 Å². The number of ether oxygens (including phenoxy) is 1. The molecule has 0 bridgehead atoms. The number of benzene rings is 1. The molecule has 0 saturated carbocycles. The Bertz CT molecular complexity index is 634. The lowest BCUT2D eigenvalue weighted by atomic mass is 10.2. The zero-order valence-electron chi connectivity index (χ0n) is 14.1. The Morgan fingerprint density at radius 2 is 1.80 bits per heavy atom. The van der Waals surface area contributed by atoms with Gasteiger partial charge in [-0.25, -0.2) is 4.79 Å². The summed E-state index contributed by atoms with van der Waals surface area (Å²) in [7, 11) is 0. The maximum absolute atomic E-state index is 12.5. The molecule has 1 atom stereocenters. The van der Waals surface area contributed by atoms with E-state index in [4.69, 9.17) is 4.74 Å². The summed E-state index contributed by atoms with van der Waals surface area (Å²) in [4.78, 5) is 39.4. The molecule has 134 valence electrons. The predicted molar refractivity (Wildman–Crippen MR) is 90.6 cm³/mol. The number of carbonyl (C=O) groups excluding carboxylic acids is 3. The molecule has 2 aliphatic rings. The second kappa shape index (κ2) is 8.00. The molecular formula is C18H23N3O4. The molecule has 1 unspecified atom stereocenters. The number of hydrogen-bond donors (Lipinski definition) is 1. The third kappa shape index (κ3) is 4.49. The minimum absolute atomic E-state index is 0.0506. The molecule has 7 nitrogen and oxygen atoms in total. The third-order valence-corrected chi connectivity index (χ3v) is 4.56. The maximum atomic E-state index is 12.5. The van der Waals surface area contributed by atoms with Crippen molar-refractivity contribution in [2.24, 2.45) is 0 Å². The van der Waals surface area contributed by atoms with Gasteiger partial charge in [0.25, 0.3) is 0 Å². The molecule has 2 saturated heterocycles. The van der Waals surface area contributed by atoms with Crippen LogP contribution in [0.2, 0.25) is 0 Å². The van der Waals surface area contributed by atoms with Crippen LogP contribution in [0.5, 0.6) is 0 Å². The summed E-state index contributed by atoms with van der Waals surface area (Å²) < 4.78 is 5.36. The van der Waals surface area contributed by atoms with Crippen molar-refractivity contribution in [3.05, 3.63) is 35.9 Å². The number of nitrogens with one attached hydrogen (secondary N) is 1. The normalized spacial score (nSPS) is 20.8. The fourth-order valence-corrected chi connectivity index (χ4v) is 3.15. The zero-order chi connectivity index (χ0) is 17.6. The van der Waals surface area contributed by atoms with E-state index >= 15 is 0 Å². The van der Waals surface area contributed by atoms with Gasteiger partial charge in [0.15, 0.2) is 0 Å². The largest absolute Gasteiger partial charge is 0.445 e. The van der Waals surface area contributed by atoms with Crippen LogP contribution in [-0.2, 0) is 20.9 Å². The Labute approximate surface area is 146 Å². The lowest BCUT2D eigenvalue weighted by molar-refractivity contribution is -0.134. The van der Waals surface area contributed by atoms with Crippen LogP contribution >= 0.6 is 0 Å². The third-order valence-electron chi connectivity index (χ3n) is 4.56. The van der Waals surface area contributed by atoms with Gasteiger partial charge >= 0.3 is 6.09 Å². The monoisotopic (exact) mass is 345 g/mol. The van der Waals surface area contributed by atoms with Crippen molar-refractivity contribution in [2.75, 3.05) is 26.2 Å². The molecule has 3 rings (SSSR count).